The first-order chi connectivity index (χ1) is 9.52. The van der Waals surface area contributed by atoms with Crippen LogP contribution < -0.4 is 4.74 Å². The molecule has 6 heteroatoms. The minimum atomic E-state index is -4.63. The first-order valence-corrected chi connectivity index (χ1v) is 5.71. The van der Waals surface area contributed by atoms with Crippen molar-refractivity contribution in [3.05, 3.63) is 59.9 Å². The number of ether oxygens (including phenoxy) is 1. The SMILES string of the molecule is O=Cc1ccccc1OC(c1ccccn1)C(F)(F)F. The molecular weight excluding hydrogens is 271 g/mol. The van der Waals surface area contributed by atoms with E-state index in [0.29, 0.717) is 6.29 Å². The van der Waals surface area contributed by atoms with Crippen LogP contribution in [0.15, 0.2) is 48.7 Å². The highest BCUT2D eigenvalue weighted by Gasteiger charge is 2.44. The van der Waals surface area contributed by atoms with Gasteiger partial charge in [-0.25, -0.2) is 0 Å². The second-order valence-corrected chi connectivity index (χ2v) is 3.95. The predicted octanol–water partition coefficient (Wildman–Crippen LogP) is 3.58. The van der Waals surface area contributed by atoms with Gasteiger partial charge in [0, 0.05) is 6.20 Å². The van der Waals surface area contributed by atoms with Crippen molar-refractivity contribution < 1.29 is 22.7 Å². The maximum atomic E-state index is 13.1. The van der Waals surface area contributed by atoms with E-state index in [2.05, 4.69) is 4.98 Å². The number of halogens is 3. The molecule has 0 aliphatic heterocycles. The largest absolute Gasteiger partial charge is 0.474 e. The van der Waals surface area contributed by atoms with E-state index in [1.165, 1.54) is 42.6 Å². The molecule has 2 aromatic rings. The molecule has 0 saturated carbocycles. The third-order valence-corrected chi connectivity index (χ3v) is 2.54. The number of benzene rings is 1. The molecule has 1 aromatic heterocycles. The molecule has 1 atom stereocenters. The summed E-state index contributed by atoms with van der Waals surface area (Å²) in [6.45, 7) is 0. The standard InChI is InChI=1S/C14H10F3NO2/c15-14(16,17)13(11-6-3-4-8-18-11)20-12-7-2-1-5-10(12)9-19/h1-9,13H. The highest BCUT2D eigenvalue weighted by atomic mass is 19.4. The summed E-state index contributed by atoms with van der Waals surface area (Å²) in [7, 11) is 0. The lowest BCUT2D eigenvalue weighted by Gasteiger charge is -2.21. The van der Waals surface area contributed by atoms with Crippen LogP contribution in [-0.2, 0) is 0 Å². The number of aldehydes is 1. The Morgan fingerprint density at radius 1 is 1.10 bits per heavy atom. The molecule has 0 saturated heterocycles. The number of aromatic nitrogens is 1. The molecule has 0 spiro atoms. The van der Waals surface area contributed by atoms with Crippen LogP contribution in [0.4, 0.5) is 13.2 Å². The lowest BCUT2D eigenvalue weighted by molar-refractivity contribution is -0.199. The van der Waals surface area contributed by atoms with Crippen molar-refractivity contribution in [1.82, 2.24) is 4.98 Å². The number of pyridine rings is 1. The molecule has 0 N–H and O–H groups in total. The third-order valence-electron chi connectivity index (χ3n) is 2.54. The van der Waals surface area contributed by atoms with E-state index in [0.717, 1.165) is 0 Å². The minimum Gasteiger partial charge on any atom is -0.474 e. The molecule has 0 fully saturated rings. The number of carbonyl (C=O) groups excluding carboxylic acids is 1. The van der Waals surface area contributed by atoms with Crippen LogP contribution in [0.3, 0.4) is 0 Å². The van der Waals surface area contributed by atoms with Gasteiger partial charge in [-0.05, 0) is 24.3 Å². The van der Waals surface area contributed by atoms with Gasteiger partial charge in [0.1, 0.15) is 5.75 Å². The molecule has 0 aliphatic carbocycles. The van der Waals surface area contributed by atoms with Gasteiger partial charge in [0.25, 0.3) is 0 Å². The van der Waals surface area contributed by atoms with Crippen molar-refractivity contribution in [2.75, 3.05) is 0 Å². The Labute approximate surface area is 113 Å². The summed E-state index contributed by atoms with van der Waals surface area (Å²) in [5.74, 6) is -0.129. The van der Waals surface area contributed by atoms with Gasteiger partial charge in [0.15, 0.2) is 6.29 Å². The van der Waals surface area contributed by atoms with Crippen molar-refractivity contribution in [1.29, 1.82) is 0 Å². The Balaban J connectivity index is 2.37. The lowest BCUT2D eigenvalue weighted by Crippen LogP contribution is -2.27. The Hall–Kier alpha value is -2.37. The number of hydrogen-bond acceptors (Lipinski definition) is 3. The van der Waals surface area contributed by atoms with Crippen LogP contribution in [0.25, 0.3) is 0 Å². The molecule has 3 nitrogen and oxygen atoms in total. The zero-order chi connectivity index (χ0) is 14.6. The summed E-state index contributed by atoms with van der Waals surface area (Å²) >= 11 is 0. The van der Waals surface area contributed by atoms with E-state index in [1.54, 1.807) is 6.07 Å². The van der Waals surface area contributed by atoms with E-state index >= 15 is 0 Å². The average Bonchev–Trinajstić information content (AvgIpc) is 2.45. The molecule has 1 heterocycles. The van der Waals surface area contributed by atoms with Gasteiger partial charge in [0.2, 0.25) is 6.10 Å². The summed E-state index contributed by atoms with van der Waals surface area (Å²) in [5, 5.41) is 0. The number of hydrogen-bond donors (Lipinski definition) is 0. The molecule has 1 aromatic carbocycles. The van der Waals surface area contributed by atoms with E-state index in [4.69, 9.17) is 4.74 Å². The molecular formula is C14H10F3NO2. The van der Waals surface area contributed by atoms with Gasteiger partial charge in [-0.3, -0.25) is 9.78 Å². The second kappa shape index (κ2) is 5.73. The van der Waals surface area contributed by atoms with Crippen LogP contribution in [0.2, 0.25) is 0 Å². The fourth-order valence-corrected chi connectivity index (χ4v) is 1.64. The first kappa shape index (κ1) is 14.0. The summed E-state index contributed by atoms with van der Waals surface area (Å²) in [5.41, 5.74) is -0.210. The van der Waals surface area contributed by atoms with Crippen molar-refractivity contribution in [2.45, 2.75) is 12.3 Å². The number of rotatable bonds is 4. The van der Waals surface area contributed by atoms with Crippen LogP contribution in [-0.4, -0.2) is 17.4 Å². The van der Waals surface area contributed by atoms with E-state index in [9.17, 15) is 18.0 Å². The second-order valence-electron chi connectivity index (χ2n) is 3.95. The van der Waals surface area contributed by atoms with Crippen LogP contribution in [0, 0.1) is 0 Å². The van der Waals surface area contributed by atoms with Gasteiger partial charge in [-0.15, -0.1) is 0 Å². The Kier molecular flexibility index (Phi) is 4.02. The molecule has 0 aliphatic rings. The maximum absolute atomic E-state index is 13.1. The first-order valence-electron chi connectivity index (χ1n) is 5.71. The van der Waals surface area contributed by atoms with Gasteiger partial charge < -0.3 is 4.74 Å². The molecule has 0 radical (unpaired) electrons. The molecule has 1 unspecified atom stereocenters. The Bertz CT molecular complexity index is 584. The maximum Gasteiger partial charge on any atom is 0.431 e. The van der Waals surface area contributed by atoms with Gasteiger partial charge >= 0.3 is 6.18 Å². The van der Waals surface area contributed by atoms with Crippen LogP contribution in [0.5, 0.6) is 5.75 Å². The normalized spacial score (nSPS) is 12.8. The van der Waals surface area contributed by atoms with Crippen molar-refractivity contribution in [3.8, 4) is 5.75 Å². The lowest BCUT2D eigenvalue weighted by atomic mass is 10.2. The van der Waals surface area contributed by atoms with Crippen LogP contribution >= 0.6 is 0 Å². The van der Waals surface area contributed by atoms with Crippen molar-refractivity contribution >= 4 is 6.29 Å². The Morgan fingerprint density at radius 3 is 2.40 bits per heavy atom. The van der Waals surface area contributed by atoms with Gasteiger partial charge in [-0.1, -0.05) is 18.2 Å². The van der Waals surface area contributed by atoms with E-state index in [-0.39, 0.29) is 17.0 Å². The van der Waals surface area contributed by atoms with Crippen molar-refractivity contribution in [2.24, 2.45) is 0 Å². The fourth-order valence-electron chi connectivity index (χ4n) is 1.64. The highest BCUT2D eigenvalue weighted by Crippen LogP contribution is 2.36. The smallest absolute Gasteiger partial charge is 0.431 e. The summed E-state index contributed by atoms with van der Waals surface area (Å²) in [6.07, 6.45) is -5.15. The number of alkyl halides is 3. The Morgan fingerprint density at radius 2 is 1.80 bits per heavy atom. The van der Waals surface area contributed by atoms with E-state index < -0.39 is 12.3 Å². The third kappa shape index (κ3) is 3.14. The molecule has 0 amide bonds. The number of para-hydroxylation sites is 1. The zero-order valence-corrected chi connectivity index (χ0v) is 10.2. The zero-order valence-electron chi connectivity index (χ0n) is 10.2. The monoisotopic (exact) mass is 281 g/mol. The molecule has 0 bridgehead atoms. The quantitative estimate of drug-likeness (QED) is 0.804. The summed E-state index contributed by atoms with van der Waals surface area (Å²) < 4.78 is 44.2. The minimum absolute atomic E-state index is 0.0534. The number of nitrogens with zero attached hydrogens (tertiary/aromatic N) is 1. The fraction of sp³-hybridized carbons (Fsp3) is 0.143. The topological polar surface area (TPSA) is 39.2 Å². The summed E-state index contributed by atoms with van der Waals surface area (Å²) in [4.78, 5) is 14.5. The molecule has 104 valence electrons. The predicted molar refractivity (Wildman–Crippen MR) is 65.5 cm³/mol. The average molecular weight is 281 g/mol. The summed E-state index contributed by atoms with van der Waals surface area (Å²) in [6, 6.07) is 9.90. The molecule has 2 rings (SSSR count). The van der Waals surface area contributed by atoms with Crippen molar-refractivity contribution in [3.63, 3.8) is 0 Å². The molecule has 20 heavy (non-hydrogen) atoms. The highest BCUT2D eigenvalue weighted by molar-refractivity contribution is 5.79. The van der Waals surface area contributed by atoms with Crippen LogP contribution in [0.1, 0.15) is 22.2 Å². The van der Waals surface area contributed by atoms with E-state index in [1.807, 2.05) is 0 Å². The number of carbonyl (C=O) groups is 1. The van der Waals surface area contributed by atoms with Gasteiger partial charge in [-0.2, -0.15) is 13.2 Å². The van der Waals surface area contributed by atoms with Gasteiger partial charge in [0.05, 0.1) is 11.3 Å².